The molecule has 0 amide bonds. The van der Waals surface area contributed by atoms with E-state index in [2.05, 4.69) is 32.9 Å². The van der Waals surface area contributed by atoms with Crippen molar-refractivity contribution in [3.8, 4) is 5.75 Å². The van der Waals surface area contributed by atoms with E-state index in [-0.39, 0.29) is 12.2 Å². The Bertz CT molecular complexity index is 582. The third-order valence-electron chi connectivity index (χ3n) is 6.83. The number of hydrogen-bond donors (Lipinski definition) is 0. The fourth-order valence-electron chi connectivity index (χ4n) is 4.52. The van der Waals surface area contributed by atoms with Gasteiger partial charge in [0.1, 0.15) is 11.9 Å². The van der Waals surface area contributed by atoms with E-state index in [0.29, 0.717) is 13.2 Å². The summed E-state index contributed by atoms with van der Waals surface area (Å²) in [5, 5.41) is 0. The molecule has 0 unspecified atom stereocenters. The van der Waals surface area contributed by atoms with E-state index in [4.69, 9.17) is 18.9 Å². The van der Waals surface area contributed by atoms with Crippen LogP contribution in [-0.2, 0) is 20.8 Å². The highest BCUT2D eigenvalue weighted by atomic mass is 16.8. The molecule has 0 spiro atoms. The maximum Gasteiger partial charge on any atom is 0.168 e. The van der Waals surface area contributed by atoms with E-state index in [0.717, 1.165) is 30.6 Å². The van der Waals surface area contributed by atoms with Gasteiger partial charge in [0.25, 0.3) is 0 Å². The van der Waals surface area contributed by atoms with E-state index in [9.17, 15) is 0 Å². The lowest BCUT2D eigenvalue weighted by atomic mass is 10.0. The van der Waals surface area contributed by atoms with Crippen LogP contribution >= 0.6 is 0 Å². The molecule has 1 aromatic carbocycles. The zero-order valence-corrected chi connectivity index (χ0v) is 21.2. The molecule has 0 aromatic heterocycles. The molecule has 1 aliphatic heterocycles. The molecular formula is C28H48O4. The van der Waals surface area contributed by atoms with Crippen LogP contribution in [0.2, 0.25) is 0 Å². The van der Waals surface area contributed by atoms with Crippen molar-refractivity contribution in [2.75, 3.05) is 13.7 Å². The molecule has 0 saturated carbocycles. The highest BCUT2D eigenvalue weighted by molar-refractivity contribution is 5.26. The van der Waals surface area contributed by atoms with Crippen LogP contribution in [0.3, 0.4) is 0 Å². The third-order valence-corrected chi connectivity index (χ3v) is 6.83. The van der Waals surface area contributed by atoms with Gasteiger partial charge in [0.15, 0.2) is 5.79 Å². The van der Waals surface area contributed by atoms with Gasteiger partial charge in [0, 0.05) is 0 Å². The molecule has 2 rings (SSSR count). The molecule has 0 aliphatic carbocycles. The lowest BCUT2D eigenvalue weighted by molar-refractivity contribution is -0.186. The van der Waals surface area contributed by atoms with E-state index >= 15 is 0 Å². The van der Waals surface area contributed by atoms with Gasteiger partial charge in [-0.25, -0.2) is 0 Å². The zero-order chi connectivity index (χ0) is 23.1. The maximum atomic E-state index is 6.41. The number of unbranched alkanes of at least 4 members (excludes halogenated alkanes) is 9. The Kier molecular flexibility index (Phi) is 13.3. The van der Waals surface area contributed by atoms with Gasteiger partial charge in [-0.05, 0) is 37.0 Å². The lowest BCUT2D eigenvalue weighted by Crippen LogP contribution is -2.35. The van der Waals surface area contributed by atoms with E-state index < -0.39 is 5.79 Å². The Morgan fingerprint density at radius 2 is 1.47 bits per heavy atom. The van der Waals surface area contributed by atoms with Gasteiger partial charge in [0.2, 0.25) is 0 Å². The minimum absolute atomic E-state index is 0.0201. The molecule has 2 atom stereocenters. The molecular weight excluding hydrogens is 400 g/mol. The summed E-state index contributed by atoms with van der Waals surface area (Å²) in [6, 6.07) is 8.13. The summed E-state index contributed by atoms with van der Waals surface area (Å²) in [4.78, 5) is 0. The smallest absolute Gasteiger partial charge is 0.168 e. The van der Waals surface area contributed by atoms with Gasteiger partial charge >= 0.3 is 0 Å². The summed E-state index contributed by atoms with van der Waals surface area (Å²) in [7, 11) is 1.69. The second-order valence-corrected chi connectivity index (χ2v) is 9.25. The highest BCUT2D eigenvalue weighted by Crippen LogP contribution is 2.33. The van der Waals surface area contributed by atoms with Crippen molar-refractivity contribution in [3.05, 3.63) is 29.8 Å². The fourth-order valence-corrected chi connectivity index (χ4v) is 4.52. The minimum Gasteiger partial charge on any atom is -0.497 e. The number of rotatable bonds is 18. The number of hydrogen-bond acceptors (Lipinski definition) is 4. The number of ether oxygens (including phenoxy) is 4. The van der Waals surface area contributed by atoms with Crippen molar-refractivity contribution in [1.82, 2.24) is 0 Å². The van der Waals surface area contributed by atoms with Crippen molar-refractivity contribution < 1.29 is 18.9 Å². The second-order valence-electron chi connectivity index (χ2n) is 9.25. The Morgan fingerprint density at radius 1 is 0.875 bits per heavy atom. The van der Waals surface area contributed by atoms with Gasteiger partial charge in [-0.2, -0.15) is 0 Å². The first-order chi connectivity index (χ1) is 15.7. The molecule has 32 heavy (non-hydrogen) atoms. The summed E-state index contributed by atoms with van der Waals surface area (Å²) in [5.41, 5.74) is 1.16. The maximum absolute atomic E-state index is 6.41. The van der Waals surface area contributed by atoms with Gasteiger partial charge in [-0.15, -0.1) is 0 Å². The third kappa shape index (κ3) is 9.41. The van der Waals surface area contributed by atoms with Crippen molar-refractivity contribution in [2.24, 2.45) is 0 Å². The van der Waals surface area contributed by atoms with E-state index in [1.807, 2.05) is 12.1 Å². The molecule has 4 heteroatoms. The SMILES string of the molecule is CCCCCCCCCCCC[C@H](OCc1ccc(OC)cc1)[C@@H]1COC(CC)(CC)O1. The van der Waals surface area contributed by atoms with Crippen LogP contribution in [0, 0.1) is 0 Å². The average Bonchev–Trinajstić information content (AvgIpc) is 3.27. The minimum atomic E-state index is -0.426. The van der Waals surface area contributed by atoms with Gasteiger partial charge in [-0.1, -0.05) is 97.1 Å². The molecule has 1 saturated heterocycles. The fraction of sp³-hybridized carbons (Fsp3) is 0.786. The zero-order valence-electron chi connectivity index (χ0n) is 21.2. The Hall–Kier alpha value is -1.10. The van der Waals surface area contributed by atoms with E-state index in [1.165, 1.54) is 64.2 Å². The lowest BCUT2D eigenvalue weighted by Gasteiger charge is -2.28. The van der Waals surface area contributed by atoms with Crippen molar-refractivity contribution >= 4 is 0 Å². The van der Waals surface area contributed by atoms with Crippen LogP contribution in [0.4, 0.5) is 0 Å². The molecule has 184 valence electrons. The first-order valence-electron chi connectivity index (χ1n) is 13.2. The van der Waals surface area contributed by atoms with Crippen LogP contribution in [-0.4, -0.2) is 31.7 Å². The van der Waals surface area contributed by atoms with Crippen LogP contribution < -0.4 is 4.74 Å². The summed E-state index contributed by atoms with van der Waals surface area (Å²) in [6.45, 7) is 7.79. The van der Waals surface area contributed by atoms with Crippen LogP contribution in [0.15, 0.2) is 24.3 Å². The molecule has 1 heterocycles. The normalized spacial score (nSPS) is 18.7. The quantitative estimate of drug-likeness (QED) is 0.214. The molecule has 0 N–H and O–H groups in total. The Balaban J connectivity index is 1.76. The second kappa shape index (κ2) is 15.7. The summed E-state index contributed by atoms with van der Waals surface area (Å²) in [5.74, 6) is 0.448. The molecule has 1 aromatic rings. The topological polar surface area (TPSA) is 36.9 Å². The van der Waals surface area contributed by atoms with Crippen molar-refractivity contribution in [1.29, 1.82) is 0 Å². The summed E-state index contributed by atoms with van der Waals surface area (Å²) in [6.07, 6.45) is 16.4. The number of methoxy groups -OCH3 is 1. The standard InChI is InChI=1S/C28H48O4/c1-5-8-9-10-11-12-13-14-15-16-17-26(27-23-31-28(6-2,7-3)32-27)30-22-24-18-20-25(29-4)21-19-24/h18-21,26-27H,5-17,22-23H2,1-4H3/t26-,27-/m0/s1. The van der Waals surface area contributed by atoms with Crippen LogP contribution in [0.25, 0.3) is 0 Å². The van der Waals surface area contributed by atoms with Gasteiger partial charge in [0.05, 0.1) is 26.4 Å². The van der Waals surface area contributed by atoms with E-state index in [1.54, 1.807) is 7.11 Å². The molecule has 4 nitrogen and oxygen atoms in total. The Labute approximate surface area is 197 Å². The molecule has 1 fully saturated rings. The predicted molar refractivity (Wildman–Crippen MR) is 132 cm³/mol. The van der Waals surface area contributed by atoms with Gasteiger partial charge < -0.3 is 18.9 Å². The van der Waals surface area contributed by atoms with Crippen LogP contribution in [0.1, 0.15) is 110 Å². The molecule has 0 radical (unpaired) electrons. The highest BCUT2D eigenvalue weighted by Gasteiger charge is 2.41. The van der Waals surface area contributed by atoms with Gasteiger partial charge in [-0.3, -0.25) is 0 Å². The predicted octanol–water partition coefficient (Wildman–Crippen LogP) is 7.82. The molecule has 1 aliphatic rings. The number of benzene rings is 1. The Morgan fingerprint density at radius 3 is 2.00 bits per heavy atom. The van der Waals surface area contributed by atoms with Crippen molar-refractivity contribution in [3.63, 3.8) is 0 Å². The van der Waals surface area contributed by atoms with Crippen LogP contribution in [0.5, 0.6) is 5.75 Å². The average molecular weight is 449 g/mol. The van der Waals surface area contributed by atoms with Crippen molar-refractivity contribution in [2.45, 2.75) is 129 Å². The largest absolute Gasteiger partial charge is 0.497 e. The molecule has 0 bridgehead atoms. The monoisotopic (exact) mass is 448 g/mol. The summed E-state index contributed by atoms with van der Waals surface area (Å²) < 4.78 is 24.2. The summed E-state index contributed by atoms with van der Waals surface area (Å²) >= 11 is 0. The first kappa shape index (κ1) is 27.1. The first-order valence-corrected chi connectivity index (χ1v) is 13.2.